The highest BCUT2D eigenvalue weighted by molar-refractivity contribution is 7.92. The van der Waals surface area contributed by atoms with E-state index in [2.05, 4.69) is 15.1 Å². The first kappa shape index (κ1) is 18.4. The van der Waals surface area contributed by atoms with Crippen LogP contribution < -0.4 is 10.0 Å². The SMILES string of the molecule is CC(NC(=O)c1nn(C)c2c1CCCC2)c1ccccc1NS(C)(=O)=O. The van der Waals surface area contributed by atoms with Crippen LogP contribution in [0.1, 0.15) is 53.1 Å². The Morgan fingerprint density at radius 3 is 2.65 bits per heavy atom. The summed E-state index contributed by atoms with van der Waals surface area (Å²) in [7, 11) is -1.53. The van der Waals surface area contributed by atoms with E-state index in [9.17, 15) is 13.2 Å². The number of nitrogens with zero attached hydrogens (tertiary/aromatic N) is 2. The van der Waals surface area contributed by atoms with Crippen LogP contribution in [0.25, 0.3) is 0 Å². The van der Waals surface area contributed by atoms with Gasteiger partial charge in [-0.3, -0.25) is 14.2 Å². The molecule has 0 radical (unpaired) electrons. The molecular weight excluding hydrogens is 352 g/mol. The van der Waals surface area contributed by atoms with Gasteiger partial charge in [-0.1, -0.05) is 18.2 Å². The summed E-state index contributed by atoms with van der Waals surface area (Å²) < 4.78 is 27.4. The number of aromatic nitrogens is 2. The third kappa shape index (κ3) is 3.90. The number of fused-ring (bicyclic) bond motifs is 1. The summed E-state index contributed by atoms with van der Waals surface area (Å²) >= 11 is 0. The van der Waals surface area contributed by atoms with Crippen LogP contribution in [0.2, 0.25) is 0 Å². The highest BCUT2D eigenvalue weighted by atomic mass is 32.2. The number of aryl methyl sites for hydroxylation is 1. The van der Waals surface area contributed by atoms with Crippen molar-refractivity contribution in [3.05, 3.63) is 46.8 Å². The van der Waals surface area contributed by atoms with Crippen molar-refractivity contribution in [2.24, 2.45) is 7.05 Å². The predicted octanol–water partition coefficient (Wildman–Crippen LogP) is 2.16. The predicted molar refractivity (Wildman–Crippen MR) is 101 cm³/mol. The Kier molecular flexibility index (Phi) is 5.04. The number of amides is 1. The van der Waals surface area contributed by atoms with Crippen molar-refractivity contribution in [1.82, 2.24) is 15.1 Å². The Hall–Kier alpha value is -2.35. The average Bonchev–Trinajstić information content (AvgIpc) is 2.91. The Bertz CT molecular complexity index is 934. The molecule has 1 atom stereocenters. The second-order valence-electron chi connectivity index (χ2n) is 6.76. The number of benzene rings is 1. The molecule has 7 nitrogen and oxygen atoms in total. The van der Waals surface area contributed by atoms with E-state index in [0.29, 0.717) is 16.9 Å². The van der Waals surface area contributed by atoms with Gasteiger partial charge < -0.3 is 5.32 Å². The third-order valence-corrected chi connectivity index (χ3v) is 5.24. The molecule has 0 fully saturated rings. The Morgan fingerprint density at radius 2 is 1.92 bits per heavy atom. The molecule has 0 saturated heterocycles. The summed E-state index contributed by atoms with van der Waals surface area (Å²) in [5, 5.41) is 7.37. The number of anilines is 1. The molecule has 1 unspecified atom stereocenters. The van der Waals surface area contributed by atoms with Crippen molar-refractivity contribution >= 4 is 21.6 Å². The summed E-state index contributed by atoms with van der Waals surface area (Å²) in [4.78, 5) is 12.8. The quantitative estimate of drug-likeness (QED) is 0.836. The van der Waals surface area contributed by atoms with Crippen LogP contribution in [0, 0.1) is 0 Å². The molecule has 0 saturated carbocycles. The van der Waals surface area contributed by atoms with Crippen LogP contribution in [0.5, 0.6) is 0 Å². The maximum absolute atomic E-state index is 12.8. The number of sulfonamides is 1. The van der Waals surface area contributed by atoms with Crippen molar-refractivity contribution in [2.75, 3.05) is 11.0 Å². The molecule has 140 valence electrons. The van der Waals surface area contributed by atoms with Gasteiger partial charge in [0.2, 0.25) is 10.0 Å². The van der Waals surface area contributed by atoms with Crippen LogP contribution in [0.15, 0.2) is 24.3 Å². The van der Waals surface area contributed by atoms with Crippen LogP contribution in [-0.2, 0) is 29.9 Å². The minimum Gasteiger partial charge on any atom is -0.344 e. The largest absolute Gasteiger partial charge is 0.344 e. The monoisotopic (exact) mass is 376 g/mol. The number of rotatable bonds is 5. The maximum Gasteiger partial charge on any atom is 0.272 e. The molecule has 8 heteroatoms. The Balaban J connectivity index is 1.83. The van der Waals surface area contributed by atoms with Crippen LogP contribution in [0.3, 0.4) is 0 Å². The Labute approximate surface area is 153 Å². The first-order valence-electron chi connectivity index (χ1n) is 8.68. The van der Waals surface area contributed by atoms with Gasteiger partial charge in [0.05, 0.1) is 18.0 Å². The van der Waals surface area contributed by atoms with Gasteiger partial charge >= 0.3 is 0 Å². The van der Waals surface area contributed by atoms with Gasteiger partial charge in [0.25, 0.3) is 5.91 Å². The molecule has 0 aliphatic heterocycles. The molecule has 1 aliphatic carbocycles. The number of hydrogen-bond donors (Lipinski definition) is 2. The first-order chi connectivity index (χ1) is 12.3. The van der Waals surface area contributed by atoms with Crippen molar-refractivity contribution in [3.63, 3.8) is 0 Å². The van der Waals surface area contributed by atoms with Gasteiger partial charge in [-0.15, -0.1) is 0 Å². The number of nitrogens with one attached hydrogen (secondary N) is 2. The van der Waals surface area contributed by atoms with Gasteiger partial charge in [0.15, 0.2) is 5.69 Å². The van der Waals surface area contributed by atoms with E-state index in [1.54, 1.807) is 22.9 Å². The molecule has 26 heavy (non-hydrogen) atoms. The van der Waals surface area contributed by atoms with E-state index < -0.39 is 10.0 Å². The van der Waals surface area contributed by atoms with Crippen molar-refractivity contribution < 1.29 is 13.2 Å². The molecule has 1 amide bonds. The highest BCUT2D eigenvalue weighted by Gasteiger charge is 2.25. The van der Waals surface area contributed by atoms with E-state index in [0.717, 1.165) is 43.2 Å². The minimum atomic E-state index is -3.40. The molecule has 2 N–H and O–H groups in total. The zero-order chi connectivity index (χ0) is 18.9. The summed E-state index contributed by atoms with van der Waals surface area (Å²) in [6, 6.07) is 6.68. The standard InChI is InChI=1S/C18H24N4O3S/c1-12(13-8-4-6-10-15(13)21-26(3,24)25)19-18(23)17-14-9-5-7-11-16(14)22(2)20-17/h4,6,8,10,12,21H,5,7,9,11H2,1-3H3,(H,19,23). The lowest BCUT2D eigenvalue weighted by Gasteiger charge is -2.18. The summed E-state index contributed by atoms with van der Waals surface area (Å²) in [6.07, 6.45) is 5.10. The molecule has 1 aromatic heterocycles. The highest BCUT2D eigenvalue weighted by Crippen LogP contribution is 2.26. The molecule has 3 rings (SSSR count). The fourth-order valence-electron chi connectivity index (χ4n) is 3.46. The second kappa shape index (κ2) is 7.11. The van der Waals surface area contributed by atoms with Gasteiger partial charge in [-0.05, 0) is 44.2 Å². The number of carbonyl (C=O) groups is 1. The zero-order valence-corrected chi connectivity index (χ0v) is 16.1. The van der Waals surface area contributed by atoms with Crippen molar-refractivity contribution in [1.29, 1.82) is 0 Å². The van der Waals surface area contributed by atoms with E-state index >= 15 is 0 Å². The van der Waals surface area contributed by atoms with Gasteiger partial charge in [0, 0.05) is 18.3 Å². The molecule has 0 spiro atoms. The van der Waals surface area contributed by atoms with Crippen molar-refractivity contribution in [2.45, 2.75) is 38.6 Å². The first-order valence-corrected chi connectivity index (χ1v) is 10.6. The third-order valence-electron chi connectivity index (χ3n) is 4.65. The van der Waals surface area contributed by atoms with Gasteiger partial charge in [-0.25, -0.2) is 8.42 Å². The van der Waals surface area contributed by atoms with E-state index in [4.69, 9.17) is 0 Å². The second-order valence-corrected chi connectivity index (χ2v) is 8.51. The number of para-hydroxylation sites is 1. The molecule has 1 heterocycles. The fraction of sp³-hybridized carbons (Fsp3) is 0.444. The summed E-state index contributed by atoms with van der Waals surface area (Å²) in [6.45, 7) is 1.83. The van der Waals surface area contributed by atoms with E-state index in [1.165, 1.54) is 0 Å². The number of hydrogen-bond acceptors (Lipinski definition) is 4. The topological polar surface area (TPSA) is 93.1 Å². The molecule has 1 aliphatic rings. The van der Waals surface area contributed by atoms with Gasteiger partial charge in [0.1, 0.15) is 0 Å². The molecular formula is C18H24N4O3S. The number of carbonyl (C=O) groups excluding carboxylic acids is 1. The molecule has 1 aromatic carbocycles. The van der Waals surface area contributed by atoms with Gasteiger partial charge in [-0.2, -0.15) is 5.10 Å². The summed E-state index contributed by atoms with van der Waals surface area (Å²) in [5.74, 6) is -0.231. The lowest BCUT2D eigenvalue weighted by atomic mass is 9.95. The summed E-state index contributed by atoms with van der Waals surface area (Å²) in [5.41, 5.74) is 3.81. The van der Waals surface area contributed by atoms with Crippen LogP contribution in [0.4, 0.5) is 5.69 Å². The maximum atomic E-state index is 12.8. The lowest BCUT2D eigenvalue weighted by Crippen LogP contribution is -2.29. The molecule has 2 aromatic rings. The Morgan fingerprint density at radius 1 is 1.23 bits per heavy atom. The van der Waals surface area contributed by atoms with E-state index in [1.807, 2.05) is 20.0 Å². The minimum absolute atomic E-state index is 0.231. The lowest BCUT2D eigenvalue weighted by molar-refractivity contribution is 0.0933. The smallest absolute Gasteiger partial charge is 0.272 e. The van der Waals surface area contributed by atoms with Crippen molar-refractivity contribution in [3.8, 4) is 0 Å². The van der Waals surface area contributed by atoms with Crippen LogP contribution in [-0.4, -0.2) is 30.4 Å². The van der Waals surface area contributed by atoms with Crippen LogP contribution >= 0.6 is 0 Å². The van der Waals surface area contributed by atoms with E-state index in [-0.39, 0.29) is 11.9 Å². The normalized spacial score (nSPS) is 15.2. The fourth-order valence-corrected chi connectivity index (χ4v) is 4.05. The molecule has 0 bridgehead atoms. The zero-order valence-electron chi connectivity index (χ0n) is 15.2. The average molecular weight is 376 g/mol.